The van der Waals surface area contributed by atoms with E-state index < -0.39 is 12.0 Å². The van der Waals surface area contributed by atoms with Crippen molar-refractivity contribution in [1.29, 1.82) is 0 Å². The molecular weight excluding hydrogens is 308 g/mol. The van der Waals surface area contributed by atoms with Gasteiger partial charge in [0.25, 0.3) is 0 Å². The number of benzene rings is 1. The lowest BCUT2D eigenvalue weighted by atomic mass is 9.94. The van der Waals surface area contributed by atoms with Gasteiger partial charge in [-0.05, 0) is 57.5 Å². The number of nitrogens with zero attached hydrogens (tertiary/aromatic N) is 1. The quantitative estimate of drug-likeness (QED) is 0.735. The molecule has 2 rings (SSSR count). The summed E-state index contributed by atoms with van der Waals surface area (Å²) in [5.74, 6) is -1.21. The van der Waals surface area contributed by atoms with Crippen LogP contribution in [0.2, 0.25) is 0 Å². The maximum absolute atomic E-state index is 12.4. The zero-order chi connectivity index (χ0) is 17.7. The lowest BCUT2D eigenvalue weighted by Crippen LogP contribution is -2.48. The van der Waals surface area contributed by atoms with Crippen molar-refractivity contribution in [3.63, 3.8) is 0 Å². The van der Waals surface area contributed by atoms with E-state index in [1.54, 1.807) is 12.1 Å². The third-order valence-electron chi connectivity index (χ3n) is 4.62. The third-order valence-corrected chi connectivity index (χ3v) is 4.62. The number of carboxylic acid groups (broad SMARTS) is 1. The van der Waals surface area contributed by atoms with Crippen LogP contribution in [0, 0.1) is 5.92 Å². The van der Waals surface area contributed by atoms with Crippen LogP contribution in [0.3, 0.4) is 0 Å². The van der Waals surface area contributed by atoms with Crippen molar-refractivity contribution in [2.75, 3.05) is 13.1 Å². The first-order chi connectivity index (χ1) is 11.4. The van der Waals surface area contributed by atoms with Crippen molar-refractivity contribution in [2.24, 2.45) is 5.92 Å². The second-order valence-corrected chi connectivity index (χ2v) is 6.67. The predicted molar refractivity (Wildman–Crippen MR) is 90.8 cm³/mol. The molecule has 0 bridgehead atoms. The fourth-order valence-electron chi connectivity index (χ4n) is 3.04. The summed E-state index contributed by atoms with van der Waals surface area (Å²) >= 11 is 0. The largest absolute Gasteiger partial charge is 0.508 e. The Hall–Kier alpha value is -2.08. The minimum atomic E-state index is -1.05. The summed E-state index contributed by atoms with van der Waals surface area (Å²) in [6, 6.07) is 5.87. The van der Waals surface area contributed by atoms with Crippen LogP contribution in [0.1, 0.15) is 32.3 Å². The molecule has 1 saturated heterocycles. The Kier molecular flexibility index (Phi) is 6.20. The van der Waals surface area contributed by atoms with Crippen LogP contribution < -0.4 is 5.32 Å². The first kappa shape index (κ1) is 18.3. The summed E-state index contributed by atoms with van der Waals surface area (Å²) in [5, 5.41) is 21.3. The number of hydrogen-bond acceptors (Lipinski definition) is 4. The van der Waals surface area contributed by atoms with Crippen molar-refractivity contribution in [3.05, 3.63) is 29.8 Å². The van der Waals surface area contributed by atoms with Crippen molar-refractivity contribution in [3.8, 4) is 5.75 Å². The van der Waals surface area contributed by atoms with Crippen molar-refractivity contribution in [2.45, 2.75) is 45.2 Å². The van der Waals surface area contributed by atoms with Gasteiger partial charge in [-0.2, -0.15) is 0 Å². The van der Waals surface area contributed by atoms with Crippen molar-refractivity contribution >= 4 is 11.9 Å². The van der Waals surface area contributed by atoms with E-state index in [9.17, 15) is 19.8 Å². The molecule has 24 heavy (non-hydrogen) atoms. The number of phenolic OH excluding ortho intramolecular Hbond substituents is 1. The number of phenols is 1. The molecule has 6 nitrogen and oxygen atoms in total. The molecule has 1 aliphatic rings. The second kappa shape index (κ2) is 8.15. The Morgan fingerprint density at radius 3 is 2.29 bits per heavy atom. The molecule has 1 atom stereocenters. The monoisotopic (exact) mass is 334 g/mol. The highest BCUT2D eigenvalue weighted by atomic mass is 16.4. The molecule has 0 aliphatic carbocycles. The van der Waals surface area contributed by atoms with Crippen LogP contribution in [0.4, 0.5) is 0 Å². The van der Waals surface area contributed by atoms with Gasteiger partial charge in [0.2, 0.25) is 5.91 Å². The lowest BCUT2D eigenvalue weighted by Gasteiger charge is -2.34. The van der Waals surface area contributed by atoms with E-state index in [0.29, 0.717) is 6.04 Å². The first-order valence-corrected chi connectivity index (χ1v) is 8.42. The van der Waals surface area contributed by atoms with Crippen molar-refractivity contribution in [1.82, 2.24) is 10.2 Å². The fraction of sp³-hybridized carbons (Fsp3) is 0.556. The highest BCUT2D eigenvalue weighted by Crippen LogP contribution is 2.19. The molecule has 0 spiro atoms. The number of aromatic hydroxyl groups is 1. The topological polar surface area (TPSA) is 89.9 Å². The van der Waals surface area contributed by atoms with Gasteiger partial charge in [0.05, 0.1) is 0 Å². The number of hydrogen-bond donors (Lipinski definition) is 3. The molecule has 3 N–H and O–H groups in total. The molecule has 1 fully saturated rings. The molecule has 0 radical (unpaired) electrons. The number of amides is 1. The van der Waals surface area contributed by atoms with Crippen LogP contribution in [0.25, 0.3) is 0 Å². The summed E-state index contributed by atoms with van der Waals surface area (Å²) in [6.45, 7) is 6.01. The number of piperidine rings is 1. The Bertz CT molecular complexity index is 563. The smallest absolute Gasteiger partial charge is 0.326 e. The van der Waals surface area contributed by atoms with E-state index in [4.69, 9.17) is 0 Å². The number of carbonyl (C=O) groups is 2. The molecule has 1 heterocycles. The minimum absolute atomic E-state index is 0.123. The summed E-state index contributed by atoms with van der Waals surface area (Å²) in [6.07, 6.45) is 1.72. The Labute approximate surface area is 142 Å². The summed E-state index contributed by atoms with van der Waals surface area (Å²) in [4.78, 5) is 26.2. The van der Waals surface area contributed by atoms with E-state index in [2.05, 4.69) is 24.1 Å². The Balaban J connectivity index is 1.92. The fourth-order valence-corrected chi connectivity index (χ4v) is 3.04. The molecule has 1 aliphatic heterocycles. The van der Waals surface area contributed by atoms with Gasteiger partial charge in [0.1, 0.15) is 11.8 Å². The lowest BCUT2D eigenvalue weighted by molar-refractivity contribution is -0.142. The van der Waals surface area contributed by atoms with Crippen LogP contribution in [-0.4, -0.2) is 52.2 Å². The zero-order valence-electron chi connectivity index (χ0n) is 14.2. The predicted octanol–water partition coefficient (Wildman–Crippen LogP) is 1.62. The average Bonchev–Trinajstić information content (AvgIpc) is 2.56. The third kappa shape index (κ3) is 4.96. The van der Waals surface area contributed by atoms with Crippen LogP contribution in [-0.2, 0) is 16.0 Å². The van der Waals surface area contributed by atoms with Gasteiger partial charge in [-0.3, -0.25) is 4.79 Å². The number of likely N-dealkylation sites (tertiary alicyclic amines) is 1. The Morgan fingerprint density at radius 1 is 1.21 bits per heavy atom. The Morgan fingerprint density at radius 2 is 1.79 bits per heavy atom. The van der Waals surface area contributed by atoms with E-state index in [1.165, 1.54) is 12.1 Å². The molecule has 1 aromatic rings. The average molecular weight is 334 g/mol. The highest BCUT2D eigenvalue weighted by Gasteiger charge is 2.29. The van der Waals surface area contributed by atoms with Crippen LogP contribution in [0.5, 0.6) is 5.75 Å². The standard InChI is InChI=1S/C18H26N2O4/c1-12(2)20-9-7-14(8-10-20)17(22)19-16(18(23)24)11-13-3-5-15(21)6-4-13/h3-6,12,14,16,21H,7-11H2,1-2H3,(H,19,22)(H,23,24). The summed E-state index contributed by atoms with van der Waals surface area (Å²) in [7, 11) is 0. The summed E-state index contributed by atoms with van der Waals surface area (Å²) in [5.41, 5.74) is 0.759. The van der Waals surface area contributed by atoms with Gasteiger partial charge >= 0.3 is 5.97 Å². The van der Waals surface area contributed by atoms with E-state index in [0.717, 1.165) is 31.5 Å². The molecule has 0 aromatic heterocycles. The number of carbonyl (C=O) groups excluding carboxylic acids is 1. The maximum Gasteiger partial charge on any atom is 0.326 e. The minimum Gasteiger partial charge on any atom is -0.508 e. The highest BCUT2D eigenvalue weighted by molar-refractivity contribution is 5.85. The molecular formula is C18H26N2O4. The van der Waals surface area contributed by atoms with Crippen molar-refractivity contribution < 1.29 is 19.8 Å². The summed E-state index contributed by atoms with van der Waals surface area (Å²) < 4.78 is 0. The van der Waals surface area contributed by atoms with Crippen LogP contribution in [0.15, 0.2) is 24.3 Å². The molecule has 6 heteroatoms. The molecule has 1 unspecified atom stereocenters. The van der Waals surface area contributed by atoms with Gasteiger partial charge < -0.3 is 20.4 Å². The normalized spacial score (nSPS) is 17.6. The molecule has 1 aromatic carbocycles. The second-order valence-electron chi connectivity index (χ2n) is 6.67. The van der Waals surface area contributed by atoms with Crippen LogP contribution >= 0.6 is 0 Å². The van der Waals surface area contributed by atoms with E-state index in [1.807, 2.05) is 0 Å². The number of carboxylic acids is 1. The molecule has 1 amide bonds. The molecule has 132 valence electrons. The number of rotatable bonds is 6. The van der Waals surface area contributed by atoms with Gasteiger partial charge in [-0.15, -0.1) is 0 Å². The number of nitrogens with one attached hydrogen (secondary N) is 1. The number of aliphatic carboxylic acids is 1. The van der Waals surface area contributed by atoms with Gasteiger partial charge in [-0.25, -0.2) is 4.79 Å². The SMILES string of the molecule is CC(C)N1CCC(C(=O)NC(Cc2ccc(O)cc2)C(=O)O)CC1. The van der Waals surface area contributed by atoms with Gasteiger partial charge in [0, 0.05) is 18.4 Å². The maximum atomic E-state index is 12.4. The zero-order valence-corrected chi connectivity index (χ0v) is 14.2. The van der Waals surface area contributed by atoms with E-state index >= 15 is 0 Å². The van der Waals surface area contributed by atoms with Gasteiger partial charge in [0.15, 0.2) is 0 Å². The first-order valence-electron chi connectivity index (χ1n) is 8.42. The van der Waals surface area contributed by atoms with E-state index in [-0.39, 0.29) is 24.0 Å². The molecule has 0 saturated carbocycles. The van der Waals surface area contributed by atoms with Gasteiger partial charge in [-0.1, -0.05) is 12.1 Å².